The quantitative estimate of drug-likeness (QED) is 0.412. The molecule has 0 spiro atoms. The molecule has 2 heterocycles. The number of fused-ring (bicyclic) bond motifs is 4. The van der Waals surface area contributed by atoms with Crippen LogP contribution < -0.4 is 5.01 Å². The molecular weight excluding hydrogens is 342 g/mol. The Hall–Kier alpha value is -3.07. The Morgan fingerprint density at radius 3 is 2.71 bits per heavy atom. The minimum atomic E-state index is 0.974. The van der Waals surface area contributed by atoms with Crippen LogP contribution in [0.5, 0.6) is 0 Å². The molecule has 1 aliphatic heterocycles. The molecule has 0 aliphatic carbocycles. The van der Waals surface area contributed by atoms with Gasteiger partial charge in [-0.15, -0.1) is 0 Å². The fraction of sp³-hybridized carbons (Fsp3) is 0.240. The van der Waals surface area contributed by atoms with Gasteiger partial charge in [0.1, 0.15) is 0 Å². The zero-order valence-electron chi connectivity index (χ0n) is 16.5. The number of hydrazone groups is 1. The van der Waals surface area contributed by atoms with Crippen molar-refractivity contribution in [2.24, 2.45) is 5.10 Å². The monoisotopic (exact) mass is 367 g/mol. The molecule has 3 heteroatoms. The molecular formula is C25H25N3. The van der Waals surface area contributed by atoms with E-state index in [-0.39, 0.29) is 0 Å². The molecule has 5 rings (SSSR count). The largest absolute Gasteiger partial charge is 0.341 e. The number of hydrogen-bond donors (Lipinski definition) is 0. The van der Waals surface area contributed by atoms with Crippen molar-refractivity contribution < 1.29 is 0 Å². The number of benzene rings is 3. The molecule has 4 aromatic rings. The van der Waals surface area contributed by atoms with Gasteiger partial charge in [-0.05, 0) is 62.1 Å². The fourth-order valence-electron chi connectivity index (χ4n) is 4.45. The first-order valence-electron chi connectivity index (χ1n) is 10.2. The maximum atomic E-state index is 4.84. The van der Waals surface area contributed by atoms with Gasteiger partial charge in [0, 0.05) is 34.9 Å². The van der Waals surface area contributed by atoms with E-state index in [4.69, 9.17) is 5.10 Å². The second kappa shape index (κ2) is 6.83. The molecule has 0 saturated carbocycles. The van der Waals surface area contributed by atoms with Crippen LogP contribution in [0.1, 0.15) is 30.0 Å². The molecule has 3 nitrogen and oxygen atoms in total. The summed E-state index contributed by atoms with van der Waals surface area (Å²) in [6, 6.07) is 22.0. The van der Waals surface area contributed by atoms with Crippen LogP contribution in [0.4, 0.5) is 5.69 Å². The van der Waals surface area contributed by atoms with Crippen LogP contribution >= 0.6 is 0 Å². The van der Waals surface area contributed by atoms with Crippen molar-refractivity contribution in [3.63, 3.8) is 0 Å². The van der Waals surface area contributed by atoms with Gasteiger partial charge in [-0.1, -0.05) is 42.0 Å². The number of hydrogen-bond acceptors (Lipinski definition) is 2. The first-order valence-corrected chi connectivity index (χ1v) is 10.2. The molecule has 28 heavy (non-hydrogen) atoms. The van der Waals surface area contributed by atoms with Crippen molar-refractivity contribution in [3.8, 4) is 0 Å². The first-order chi connectivity index (χ1) is 13.7. The highest BCUT2D eigenvalue weighted by Gasteiger charge is 2.16. The average Bonchev–Trinajstić information content (AvgIpc) is 3.05. The molecule has 0 fully saturated rings. The number of nitrogens with zero attached hydrogens (tertiary/aromatic N) is 3. The summed E-state index contributed by atoms with van der Waals surface area (Å²) in [6.45, 7) is 6.31. The molecule has 0 amide bonds. The maximum Gasteiger partial charge on any atom is 0.0626 e. The Bertz CT molecular complexity index is 1200. The van der Waals surface area contributed by atoms with E-state index in [0.717, 1.165) is 31.5 Å². The molecule has 0 bridgehead atoms. The van der Waals surface area contributed by atoms with E-state index < -0.39 is 0 Å². The molecule has 0 saturated heterocycles. The summed E-state index contributed by atoms with van der Waals surface area (Å²) >= 11 is 0. The molecule has 0 N–H and O–H groups in total. The van der Waals surface area contributed by atoms with Gasteiger partial charge in [0.2, 0.25) is 0 Å². The van der Waals surface area contributed by atoms with E-state index in [0.29, 0.717) is 0 Å². The lowest BCUT2D eigenvalue weighted by Gasteiger charge is -2.27. The summed E-state index contributed by atoms with van der Waals surface area (Å²) in [4.78, 5) is 0. The lowest BCUT2D eigenvalue weighted by atomic mass is 10.0. The summed E-state index contributed by atoms with van der Waals surface area (Å²) < 4.78 is 2.38. The van der Waals surface area contributed by atoms with E-state index in [1.54, 1.807) is 0 Å². The van der Waals surface area contributed by atoms with Crippen LogP contribution in [0.3, 0.4) is 0 Å². The Morgan fingerprint density at radius 2 is 1.82 bits per heavy atom. The topological polar surface area (TPSA) is 20.5 Å². The highest BCUT2D eigenvalue weighted by Crippen LogP contribution is 2.30. The van der Waals surface area contributed by atoms with Crippen LogP contribution in [0.2, 0.25) is 0 Å². The number of anilines is 1. The molecule has 3 aromatic carbocycles. The zero-order chi connectivity index (χ0) is 19.1. The standard InChI is InChI=1S/C25H25N3/c1-3-27-24-9-5-4-8-21(24)22-16-19(11-13-25(22)27)17-26-28-14-6-7-20-15-18(2)10-12-23(20)28/h4-5,8-13,15-17H,3,6-7,14H2,1-2H3/b26-17-. The Balaban J connectivity index is 1.54. The first kappa shape index (κ1) is 17.1. The Morgan fingerprint density at radius 1 is 0.964 bits per heavy atom. The van der Waals surface area contributed by atoms with E-state index in [1.807, 2.05) is 6.21 Å². The summed E-state index contributed by atoms with van der Waals surface area (Å²) in [7, 11) is 0. The summed E-state index contributed by atoms with van der Waals surface area (Å²) in [5.41, 5.74) is 7.71. The SMILES string of the molecule is CCn1c2ccccc2c2cc(/C=N\N3CCCc4cc(C)ccc43)ccc21. The van der Waals surface area contributed by atoms with E-state index in [9.17, 15) is 0 Å². The smallest absolute Gasteiger partial charge is 0.0626 e. The van der Waals surface area contributed by atoms with Crippen molar-refractivity contribution in [2.75, 3.05) is 11.6 Å². The van der Waals surface area contributed by atoms with Gasteiger partial charge >= 0.3 is 0 Å². The highest BCUT2D eigenvalue weighted by atomic mass is 15.5. The molecule has 1 aromatic heterocycles. The molecule has 0 unspecified atom stereocenters. The normalized spacial score (nSPS) is 14.3. The summed E-state index contributed by atoms with van der Waals surface area (Å²) in [6.07, 6.45) is 4.30. The second-order valence-electron chi connectivity index (χ2n) is 7.64. The third kappa shape index (κ3) is 2.78. The van der Waals surface area contributed by atoms with Crippen molar-refractivity contribution in [1.29, 1.82) is 0 Å². The van der Waals surface area contributed by atoms with E-state index in [2.05, 4.69) is 84.1 Å². The average molecular weight is 367 g/mol. The number of aromatic nitrogens is 1. The molecule has 1 aliphatic rings. The second-order valence-corrected chi connectivity index (χ2v) is 7.64. The van der Waals surface area contributed by atoms with Gasteiger partial charge in [-0.25, -0.2) is 0 Å². The van der Waals surface area contributed by atoms with E-state index in [1.165, 1.54) is 38.6 Å². The van der Waals surface area contributed by atoms with Gasteiger partial charge in [-0.2, -0.15) is 5.10 Å². The van der Waals surface area contributed by atoms with E-state index >= 15 is 0 Å². The van der Waals surface area contributed by atoms with Crippen molar-refractivity contribution in [1.82, 2.24) is 4.57 Å². The summed E-state index contributed by atoms with van der Waals surface area (Å²) in [5, 5.41) is 9.61. The Labute approximate surface area is 165 Å². The van der Waals surface area contributed by atoms with Crippen LogP contribution in [0.15, 0.2) is 65.8 Å². The van der Waals surface area contributed by atoms with Gasteiger partial charge in [0.05, 0.1) is 11.9 Å². The number of rotatable bonds is 3. The molecule has 140 valence electrons. The number of aryl methyl sites for hydroxylation is 3. The number of para-hydroxylation sites is 1. The summed E-state index contributed by atoms with van der Waals surface area (Å²) in [5.74, 6) is 0. The van der Waals surface area contributed by atoms with Crippen molar-refractivity contribution >= 4 is 33.7 Å². The van der Waals surface area contributed by atoms with Gasteiger partial charge < -0.3 is 4.57 Å². The van der Waals surface area contributed by atoms with Gasteiger partial charge in [0.15, 0.2) is 0 Å². The predicted octanol–water partition coefficient (Wildman–Crippen LogP) is 5.91. The molecule has 0 atom stereocenters. The third-order valence-electron chi connectivity index (χ3n) is 5.79. The van der Waals surface area contributed by atoms with Gasteiger partial charge in [-0.3, -0.25) is 5.01 Å². The highest BCUT2D eigenvalue weighted by molar-refractivity contribution is 6.09. The van der Waals surface area contributed by atoms with Crippen LogP contribution in [-0.2, 0) is 13.0 Å². The Kier molecular flexibility index (Phi) is 4.16. The van der Waals surface area contributed by atoms with Crippen LogP contribution in [-0.4, -0.2) is 17.3 Å². The van der Waals surface area contributed by atoms with Crippen LogP contribution in [0, 0.1) is 6.92 Å². The minimum Gasteiger partial charge on any atom is -0.341 e. The third-order valence-corrected chi connectivity index (χ3v) is 5.79. The van der Waals surface area contributed by atoms with Crippen LogP contribution in [0.25, 0.3) is 21.8 Å². The lowest BCUT2D eigenvalue weighted by molar-refractivity contribution is 0.716. The minimum absolute atomic E-state index is 0.974. The maximum absolute atomic E-state index is 4.84. The van der Waals surface area contributed by atoms with Crippen molar-refractivity contribution in [3.05, 3.63) is 77.4 Å². The molecule has 0 radical (unpaired) electrons. The van der Waals surface area contributed by atoms with Gasteiger partial charge in [0.25, 0.3) is 0 Å². The zero-order valence-corrected chi connectivity index (χ0v) is 16.5. The lowest BCUT2D eigenvalue weighted by Crippen LogP contribution is -2.24. The van der Waals surface area contributed by atoms with Crippen molar-refractivity contribution in [2.45, 2.75) is 33.2 Å². The predicted molar refractivity (Wildman–Crippen MR) is 120 cm³/mol. The fourth-order valence-corrected chi connectivity index (χ4v) is 4.45.